The summed E-state index contributed by atoms with van der Waals surface area (Å²) in [5.41, 5.74) is -0.167. The number of aliphatic hydroxyl groups is 1. The molecular weight excluding hydrogens is 145 g/mol. The van der Waals surface area contributed by atoms with Gasteiger partial charge in [-0.25, -0.2) is 4.39 Å². The predicted molar refractivity (Wildman–Crippen MR) is 40.1 cm³/mol. The fraction of sp³-hybridized carbons (Fsp3) is 1.00. The van der Waals surface area contributed by atoms with Crippen molar-refractivity contribution in [3.05, 3.63) is 0 Å². The fourth-order valence-electron chi connectivity index (χ4n) is 2.47. The van der Waals surface area contributed by atoms with Crippen molar-refractivity contribution >= 4 is 0 Å². The summed E-state index contributed by atoms with van der Waals surface area (Å²) in [5, 5.41) is 9.14. The van der Waals surface area contributed by atoms with Crippen LogP contribution in [0, 0.1) is 0 Å². The molecule has 2 aliphatic heterocycles. The minimum absolute atomic E-state index is 0.132. The molecule has 0 aliphatic carbocycles. The summed E-state index contributed by atoms with van der Waals surface area (Å²) in [7, 11) is 0. The molecule has 11 heavy (non-hydrogen) atoms. The molecule has 0 aromatic heterocycles. The fourth-order valence-corrected chi connectivity index (χ4v) is 2.47. The highest BCUT2D eigenvalue weighted by molar-refractivity contribution is 5.03. The van der Waals surface area contributed by atoms with Crippen molar-refractivity contribution in [2.24, 2.45) is 0 Å². The Balaban J connectivity index is 2.15. The summed E-state index contributed by atoms with van der Waals surface area (Å²) in [6.07, 6.45) is 1.93. The van der Waals surface area contributed by atoms with E-state index in [1.54, 1.807) is 0 Å². The average Bonchev–Trinajstić information content (AvgIpc) is 2.43. The van der Waals surface area contributed by atoms with E-state index in [0.717, 1.165) is 19.4 Å². The van der Waals surface area contributed by atoms with Crippen LogP contribution in [-0.2, 0) is 0 Å². The summed E-state index contributed by atoms with van der Waals surface area (Å²) in [5.74, 6) is 0. The third kappa shape index (κ3) is 0.983. The Labute approximate surface area is 66.0 Å². The van der Waals surface area contributed by atoms with E-state index < -0.39 is 6.17 Å². The molecule has 2 fully saturated rings. The second kappa shape index (κ2) is 2.42. The van der Waals surface area contributed by atoms with Gasteiger partial charge in [-0.1, -0.05) is 0 Å². The second-order valence-electron chi connectivity index (χ2n) is 3.73. The van der Waals surface area contributed by atoms with Crippen LogP contribution in [0.5, 0.6) is 0 Å². The van der Waals surface area contributed by atoms with Gasteiger partial charge in [0.25, 0.3) is 0 Å². The SMILES string of the molecule is OCC12CCCN1C[C@H](F)C2. The molecule has 0 aromatic carbocycles. The number of hydrogen-bond donors (Lipinski definition) is 1. The molecule has 0 bridgehead atoms. The van der Waals surface area contributed by atoms with Crippen LogP contribution < -0.4 is 0 Å². The quantitative estimate of drug-likeness (QED) is 0.604. The van der Waals surface area contributed by atoms with Gasteiger partial charge in [0, 0.05) is 18.5 Å². The molecule has 2 heterocycles. The van der Waals surface area contributed by atoms with Crippen molar-refractivity contribution in [3.63, 3.8) is 0 Å². The van der Waals surface area contributed by atoms with E-state index in [1.165, 1.54) is 0 Å². The van der Waals surface area contributed by atoms with Gasteiger partial charge < -0.3 is 5.11 Å². The van der Waals surface area contributed by atoms with E-state index in [1.807, 2.05) is 0 Å². The monoisotopic (exact) mass is 159 g/mol. The van der Waals surface area contributed by atoms with Crippen molar-refractivity contribution in [1.29, 1.82) is 0 Å². The molecule has 1 unspecified atom stereocenters. The first-order valence-corrected chi connectivity index (χ1v) is 4.27. The Bertz CT molecular complexity index is 164. The van der Waals surface area contributed by atoms with Gasteiger partial charge in [-0.15, -0.1) is 0 Å². The smallest absolute Gasteiger partial charge is 0.115 e. The Morgan fingerprint density at radius 2 is 2.45 bits per heavy atom. The number of nitrogens with zero attached hydrogens (tertiary/aromatic N) is 1. The zero-order valence-electron chi connectivity index (χ0n) is 6.59. The van der Waals surface area contributed by atoms with Crippen LogP contribution in [0.2, 0.25) is 0 Å². The minimum Gasteiger partial charge on any atom is -0.394 e. The van der Waals surface area contributed by atoms with Gasteiger partial charge in [0.2, 0.25) is 0 Å². The van der Waals surface area contributed by atoms with Crippen LogP contribution in [0.25, 0.3) is 0 Å². The van der Waals surface area contributed by atoms with Crippen molar-refractivity contribution in [2.75, 3.05) is 19.7 Å². The molecule has 2 nitrogen and oxygen atoms in total. The number of aliphatic hydroxyl groups excluding tert-OH is 1. The van der Waals surface area contributed by atoms with Crippen LogP contribution >= 0.6 is 0 Å². The molecule has 1 N–H and O–H groups in total. The van der Waals surface area contributed by atoms with E-state index in [4.69, 9.17) is 5.11 Å². The highest BCUT2D eigenvalue weighted by Crippen LogP contribution is 2.39. The molecule has 0 radical (unpaired) electrons. The van der Waals surface area contributed by atoms with Gasteiger partial charge in [-0.2, -0.15) is 0 Å². The Morgan fingerprint density at radius 3 is 3.09 bits per heavy atom. The Kier molecular flexibility index (Phi) is 1.65. The molecule has 0 amide bonds. The first-order chi connectivity index (χ1) is 5.27. The lowest BCUT2D eigenvalue weighted by Gasteiger charge is -2.28. The molecule has 0 aromatic rings. The van der Waals surface area contributed by atoms with Crippen LogP contribution in [0.3, 0.4) is 0 Å². The highest BCUT2D eigenvalue weighted by atomic mass is 19.1. The second-order valence-corrected chi connectivity index (χ2v) is 3.73. The number of rotatable bonds is 1. The van der Waals surface area contributed by atoms with Gasteiger partial charge in [0.1, 0.15) is 6.17 Å². The lowest BCUT2D eigenvalue weighted by Crippen LogP contribution is -2.41. The lowest BCUT2D eigenvalue weighted by atomic mass is 9.95. The molecule has 2 atom stereocenters. The first-order valence-electron chi connectivity index (χ1n) is 4.27. The standard InChI is InChI=1S/C8H14FNO/c9-7-4-8(6-11)2-1-3-10(8)5-7/h7,11H,1-6H2/t7-,8?/m1/s1. The first kappa shape index (κ1) is 7.50. The van der Waals surface area contributed by atoms with Gasteiger partial charge >= 0.3 is 0 Å². The van der Waals surface area contributed by atoms with E-state index in [-0.39, 0.29) is 12.1 Å². The normalized spacial score (nSPS) is 44.7. The maximum absolute atomic E-state index is 12.9. The van der Waals surface area contributed by atoms with Crippen molar-refractivity contribution < 1.29 is 9.50 Å². The molecule has 2 rings (SSSR count). The summed E-state index contributed by atoms with van der Waals surface area (Å²) >= 11 is 0. The molecule has 3 heteroatoms. The lowest BCUT2D eigenvalue weighted by molar-refractivity contribution is 0.0996. The van der Waals surface area contributed by atoms with E-state index in [0.29, 0.717) is 13.0 Å². The summed E-state index contributed by atoms with van der Waals surface area (Å²) in [6, 6.07) is 0. The van der Waals surface area contributed by atoms with E-state index >= 15 is 0 Å². The van der Waals surface area contributed by atoms with Crippen LogP contribution in [0.1, 0.15) is 19.3 Å². The highest BCUT2D eigenvalue weighted by Gasteiger charge is 2.47. The van der Waals surface area contributed by atoms with Crippen LogP contribution in [0.4, 0.5) is 4.39 Å². The maximum atomic E-state index is 12.9. The van der Waals surface area contributed by atoms with Crippen LogP contribution in [0.15, 0.2) is 0 Å². The minimum atomic E-state index is -0.706. The molecule has 64 valence electrons. The number of hydrogen-bond acceptors (Lipinski definition) is 2. The largest absolute Gasteiger partial charge is 0.394 e. The van der Waals surface area contributed by atoms with Crippen molar-refractivity contribution in [1.82, 2.24) is 4.90 Å². The van der Waals surface area contributed by atoms with Gasteiger partial charge in [0.15, 0.2) is 0 Å². The third-order valence-electron chi connectivity index (χ3n) is 3.06. The van der Waals surface area contributed by atoms with Crippen molar-refractivity contribution in [2.45, 2.75) is 31.0 Å². The predicted octanol–water partition coefficient (Wildman–Crippen LogP) is 0.555. The maximum Gasteiger partial charge on any atom is 0.115 e. The Hall–Kier alpha value is -0.150. The topological polar surface area (TPSA) is 23.5 Å². The van der Waals surface area contributed by atoms with Gasteiger partial charge in [-0.3, -0.25) is 4.90 Å². The van der Waals surface area contributed by atoms with E-state index in [2.05, 4.69) is 4.90 Å². The molecule has 2 aliphatic rings. The summed E-state index contributed by atoms with van der Waals surface area (Å²) in [4.78, 5) is 2.11. The third-order valence-corrected chi connectivity index (χ3v) is 3.06. The number of alkyl halides is 1. The van der Waals surface area contributed by atoms with E-state index in [9.17, 15) is 4.39 Å². The number of fused-ring (bicyclic) bond motifs is 1. The molecule has 2 saturated heterocycles. The zero-order valence-corrected chi connectivity index (χ0v) is 6.59. The summed E-state index contributed by atoms with van der Waals surface area (Å²) in [6.45, 7) is 1.65. The number of halogens is 1. The van der Waals surface area contributed by atoms with Crippen molar-refractivity contribution in [3.8, 4) is 0 Å². The molecule has 0 saturated carbocycles. The van der Waals surface area contributed by atoms with Crippen LogP contribution in [-0.4, -0.2) is 41.4 Å². The molecular formula is C8H14FNO. The average molecular weight is 159 g/mol. The Morgan fingerprint density at radius 1 is 1.64 bits per heavy atom. The summed E-state index contributed by atoms with van der Waals surface area (Å²) < 4.78 is 12.9. The van der Waals surface area contributed by atoms with Gasteiger partial charge in [0.05, 0.1) is 6.61 Å². The molecule has 0 spiro atoms. The van der Waals surface area contributed by atoms with Gasteiger partial charge in [-0.05, 0) is 19.4 Å². The zero-order chi connectivity index (χ0) is 7.90.